The number of hydrogen-bond donors (Lipinski definition) is 1. The zero-order valence-electron chi connectivity index (χ0n) is 10.6. The molecular formula is C14H19FN2. The van der Waals surface area contributed by atoms with Gasteiger partial charge in [0.2, 0.25) is 0 Å². The van der Waals surface area contributed by atoms with Crippen molar-refractivity contribution in [2.45, 2.75) is 27.3 Å². The summed E-state index contributed by atoms with van der Waals surface area (Å²) in [6.07, 6.45) is 0. The number of halogens is 1. The summed E-state index contributed by atoms with van der Waals surface area (Å²) < 4.78 is 13.1. The van der Waals surface area contributed by atoms with Gasteiger partial charge in [-0.3, -0.25) is 0 Å². The molecule has 0 heterocycles. The van der Waals surface area contributed by atoms with Crippen molar-refractivity contribution in [2.75, 3.05) is 6.54 Å². The Balaban J connectivity index is 2.52. The molecule has 92 valence electrons. The van der Waals surface area contributed by atoms with Crippen LogP contribution in [0.15, 0.2) is 18.2 Å². The van der Waals surface area contributed by atoms with E-state index in [1.54, 1.807) is 6.07 Å². The Morgan fingerprint density at radius 3 is 2.59 bits per heavy atom. The lowest BCUT2D eigenvalue weighted by Crippen LogP contribution is -2.23. The highest BCUT2D eigenvalue weighted by atomic mass is 19.1. The van der Waals surface area contributed by atoms with Gasteiger partial charge in [-0.15, -0.1) is 0 Å². The molecule has 0 amide bonds. The fourth-order valence-electron chi connectivity index (χ4n) is 1.50. The van der Waals surface area contributed by atoms with Crippen molar-refractivity contribution in [3.05, 3.63) is 35.1 Å². The summed E-state index contributed by atoms with van der Waals surface area (Å²) in [5.41, 5.74) is 1.19. The summed E-state index contributed by atoms with van der Waals surface area (Å²) in [5.74, 6) is 0.862. The molecule has 0 radical (unpaired) electrons. The number of hydrogen-bond acceptors (Lipinski definition) is 2. The molecule has 1 rings (SSSR count). The van der Waals surface area contributed by atoms with Gasteiger partial charge in [0.15, 0.2) is 0 Å². The molecule has 1 aromatic rings. The monoisotopic (exact) mass is 234 g/mol. The molecule has 1 atom stereocenters. The van der Waals surface area contributed by atoms with Gasteiger partial charge in [0.25, 0.3) is 0 Å². The molecule has 0 aliphatic heterocycles. The molecule has 0 saturated heterocycles. The Hall–Kier alpha value is -1.40. The summed E-state index contributed by atoms with van der Waals surface area (Å²) in [6, 6.07) is 6.39. The van der Waals surface area contributed by atoms with E-state index in [0.29, 0.717) is 23.9 Å². The second-order valence-electron chi connectivity index (χ2n) is 4.81. The average molecular weight is 234 g/mol. The topological polar surface area (TPSA) is 35.8 Å². The van der Waals surface area contributed by atoms with E-state index in [1.165, 1.54) is 12.1 Å². The lowest BCUT2D eigenvalue weighted by Gasteiger charge is -2.16. The minimum Gasteiger partial charge on any atom is -0.312 e. The van der Waals surface area contributed by atoms with Gasteiger partial charge in [0.05, 0.1) is 11.6 Å². The zero-order chi connectivity index (χ0) is 12.8. The number of rotatable bonds is 5. The van der Waals surface area contributed by atoms with Crippen molar-refractivity contribution in [3.63, 3.8) is 0 Å². The highest BCUT2D eigenvalue weighted by molar-refractivity contribution is 5.33. The highest BCUT2D eigenvalue weighted by Gasteiger charge is 2.06. The van der Waals surface area contributed by atoms with E-state index in [2.05, 4.69) is 26.1 Å². The highest BCUT2D eigenvalue weighted by Crippen LogP contribution is 2.10. The Bertz CT molecular complexity index is 407. The van der Waals surface area contributed by atoms with Gasteiger partial charge in [-0.2, -0.15) is 5.26 Å². The largest absolute Gasteiger partial charge is 0.312 e. The maximum atomic E-state index is 13.1. The lowest BCUT2D eigenvalue weighted by molar-refractivity contribution is 0.392. The van der Waals surface area contributed by atoms with Crippen molar-refractivity contribution >= 4 is 0 Å². The standard InChI is InChI=1S/C14H19FN2/c1-10(2)11(3)8-17-9-13-4-12(7-16)5-14(15)6-13/h4-6,10-11,17H,8-9H2,1-3H3. The molecule has 2 nitrogen and oxygen atoms in total. The number of nitrogens with zero attached hydrogens (tertiary/aromatic N) is 1. The Kier molecular flexibility index (Phi) is 5.11. The van der Waals surface area contributed by atoms with Crippen molar-refractivity contribution in [3.8, 4) is 6.07 Å². The summed E-state index contributed by atoms with van der Waals surface area (Å²) in [7, 11) is 0. The van der Waals surface area contributed by atoms with Crippen LogP contribution in [0.5, 0.6) is 0 Å². The maximum Gasteiger partial charge on any atom is 0.124 e. The third-order valence-electron chi connectivity index (χ3n) is 3.02. The fraction of sp³-hybridized carbons (Fsp3) is 0.500. The average Bonchev–Trinajstić information content (AvgIpc) is 2.27. The third-order valence-corrected chi connectivity index (χ3v) is 3.02. The molecule has 0 saturated carbocycles. The second-order valence-corrected chi connectivity index (χ2v) is 4.81. The number of nitriles is 1. The quantitative estimate of drug-likeness (QED) is 0.849. The minimum absolute atomic E-state index is 0.349. The first-order chi connectivity index (χ1) is 8.02. The summed E-state index contributed by atoms with van der Waals surface area (Å²) in [4.78, 5) is 0. The zero-order valence-corrected chi connectivity index (χ0v) is 10.6. The second kappa shape index (κ2) is 6.36. The van der Waals surface area contributed by atoms with Crippen molar-refractivity contribution in [1.29, 1.82) is 5.26 Å². The van der Waals surface area contributed by atoms with Gasteiger partial charge in [0, 0.05) is 6.54 Å². The first-order valence-corrected chi connectivity index (χ1v) is 5.93. The molecular weight excluding hydrogens is 215 g/mol. The molecule has 0 aromatic heterocycles. The molecule has 0 aliphatic carbocycles. The third kappa shape index (κ3) is 4.54. The van der Waals surface area contributed by atoms with Crippen LogP contribution in [0.3, 0.4) is 0 Å². The van der Waals surface area contributed by atoms with E-state index in [9.17, 15) is 4.39 Å². The lowest BCUT2D eigenvalue weighted by atomic mass is 9.98. The molecule has 0 aliphatic rings. The van der Waals surface area contributed by atoms with Crippen molar-refractivity contribution < 1.29 is 4.39 Å². The number of benzene rings is 1. The Labute approximate surface area is 102 Å². The fourth-order valence-corrected chi connectivity index (χ4v) is 1.50. The maximum absolute atomic E-state index is 13.1. The van der Waals surface area contributed by atoms with E-state index >= 15 is 0 Å². The van der Waals surface area contributed by atoms with E-state index in [4.69, 9.17) is 5.26 Å². The normalized spacial score (nSPS) is 12.5. The van der Waals surface area contributed by atoms with Crippen LogP contribution >= 0.6 is 0 Å². The van der Waals surface area contributed by atoms with Gasteiger partial charge in [-0.25, -0.2) is 4.39 Å². The van der Waals surface area contributed by atoms with Crippen LogP contribution < -0.4 is 5.32 Å². The van der Waals surface area contributed by atoms with Gasteiger partial charge in [-0.05, 0) is 42.1 Å². The van der Waals surface area contributed by atoms with Crippen molar-refractivity contribution in [1.82, 2.24) is 5.32 Å². The van der Waals surface area contributed by atoms with E-state index in [0.717, 1.165) is 12.1 Å². The van der Waals surface area contributed by atoms with E-state index in [1.807, 2.05) is 6.07 Å². The predicted molar refractivity (Wildman–Crippen MR) is 66.8 cm³/mol. The first kappa shape index (κ1) is 13.7. The van der Waals surface area contributed by atoms with Gasteiger partial charge >= 0.3 is 0 Å². The summed E-state index contributed by atoms with van der Waals surface area (Å²) in [5, 5.41) is 12.0. The Morgan fingerprint density at radius 2 is 2.00 bits per heavy atom. The van der Waals surface area contributed by atoms with Crippen LogP contribution in [0.4, 0.5) is 4.39 Å². The number of nitrogens with one attached hydrogen (secondary N) is 1. The van der Waals surface area contributed by atoms with E-state index in [-0.39, 0.29) is 5.82 Å². The van der Waals surface area contributed by atoms with E-state index < -0.39 is 0 Å². The van der Waals surface area contributed by atoms with Gasteiger partial charge in [-0.1, -0.05) is 20.8 Å². The SMILES string of the molecule is CC(C)C(C)CNCc1cc(F)cc(C#N)c1. The van der Waals surface area contributed by atoms with Crippen molar-refractivity contribution in [2.24, 2.45) is 11.8 Å². The Morgan fingerprint density at radius 1 is 1.29 bits per heavy atom. The molecule has 0 bridgehead atoms. The molecule has 1 unspecified atom stereocenters. The summed E-state index contributed by atoms with van der Waals surface area (Å²) >= 11 is 0. The molecule has 0 spiro atoms. The van der Waals surface area contributed by atoms with Crippen LogP contribution in [-0.2, 0) is 6.54 Å². The predicted octanol–water partition coefficient (Wildman–Crippen LogP) is 3.08. The van der Waals surface area contributed by atoms with Crippen LogP contribution in [-0.4, -0.2) is 6.54 Å². The molecule has 0 fully saturated rings. The first-order valence-electron chi connectivity index (χ1n) is 5.93. The molecule has 17 heavy (non-hydrogen) atoms. The molecule has 1 N–H and O–H groups in total. The molecule has 1 aromatic carbocycles. The van der Waals surface area contributed by atoms with Crippen LogP contribution in [0.25, 0.3) is 0 Å². The molecule has 3 heteroatoms. The van der Waals surface area contributed by atoms with Crippen LogP contribution in [0, 0.1) is 29.0 Å². The van der Waals surface area contributed by atoms with Gasteiger partial charge < -0.3 is 5.32 Å². The van der Waals surface area contributed by atoms with Crippen LogP contribution in [0.2, 0.25) is 0 Å². The minimum atomic E-state index is -0.349. The summed E-state index contributed by atoms with van der Waals surface area (Å²) in [6.45, 7) is 8.05. The van der Waals surface area contributed by atoms with Gasteiger partial charge in [0.1, 0.15) is 5.82 Å². The van der Waals surface area contributed by atoms with Crippen LogP contribution in [0.1, 0.15) is 31.9 Å². The smallest absolute Gasteiger partial charge is 0.124 e.